The van der Waals surface area contributed by atoms with Crippen LogP contribution in [0.5, 0.6) is 0 Å². The number of benzene rings is 1. The van der Waals surface area contributed by atoms with Crippen molar-refractivity contribution in [2.75, 3.05) is 5.75 Å². The van der Waals surface area contributed by atoms with E-state index >= 15 is 0 Å². The van der Waals surface area contributed by atoms with Crippen LogP contribution < -0.4 is 0 Å². The van der Waals surface area contributed by atoms with E-state index in [9.17, 15) is 0 Å². The average Bonchev–Trinajstić information content (AvgIpc) is 2.39. The zero-order chi connectivity index (χ0) is 13.1. The summed E-state index contributed by atoms with van der Waals surface area (Å²) in [6, 6.07) is 8.50. The van der Waals surface area contributed by atoms with Crippen LogP contribution >= 0.6 is 27.7 Å². The molecule has 1 aromatic rings. The second-order valence-electron chi connectivity index (χ2n) is 4.75. The minimum atomic E-state index is 1.23. The zero-order valence-corrected chi connectivity index (χ0v) is 13.9. The number of thioether (sulfide) groups is 1. The zero-order valence-electron chi connectivity index (χ0n) is 11.5. The molecule has 0 aromatic heterocycles. The third kappa shape index (κ3) is 7.48. The topological polar surface area (TPSA) is 0 Å². The summed E-state index contributed by atoms with van der Waals surface area (Å²) < 4.78 is 1.23. The highest BCUT2D eigenvalue weighted by Gasteiger charge is 1.98. The van der Waals surface area contributed by atoms with E-state index in [2.05, 4.69) is 47.1 Å². The summed E-state index contributed by atoms with van der Waals surface area (Å²) in [5.74, 6) is 1.25. The van der Waals surface area contributed by atoms with Crippen LogP contribution in [0.2, 0.25) is 0 Å². The number of hydrogen-bond acceptors (Lipinski definition) is 1. The summed E-state index contributed by atoms with van der Waals surface area (Å²) in [5.41, 5.74) is 0. The molecular formula is C16H25BrS. The van der Waals surface area contributed by atoms with Crippen molar-refractivity contribution in [3.05, 3.63) is 28.7 Å². The Morgan fingerprint density at radius 2 is 1.50 bits per heavy atom. The first kappa shape index (κ1) is 16.1. The van der Waals surface area contributed by atoms with E-state index in [-0.39, 0.29) is 0 Å². The Hall–Kier alpha value is 0.0500. The molecule has 0 atom stereocenters. The maximum atomic E-state index is 3.59. The van der Waals surface area contributed by atoms with Crippen molar-refractivity contribution in [1.29, 1.82) is 0 Å². The molecule has 0 radical (unpaired) electrons. The molecule has 0 spiro atoms. The van der Waals surface area contributed by atoms with Gasteiger partial charge in [0.25, 0.3) is 0 Å². The third-order valence-electron chi connectivity index (χ3n) is 3.09. The van der Waals surface area contributed by atoms with Gasteiger partial charge in [-0.1, -0.05) is 64.0 Å². The fourth-order valence-electron chi connectivity index (χ4n) is 1.98. The summed E-state index contributed by atoms with van der Waals surface area (Å²) in [6.45, 7) is 2.28. The van der Waals surface area contributed by atoms with Gasteiger partial charge in [0.1, 0.15) is 0 Å². The quantitative estimate of drug-likeness (QED) is 0.341. The van der Waals surface area contributed by atoms with Gasteiger partial charge in [0.2, 0.25) is 0 Å². The predicted octanol–water partition coefficient (Wildman–Crippen LogP) is 6.68. The van der Waals surface area contributed by atoms with Crippen LogP contribution in [0.1, 0.15) is 58.3 Å². The molecule has 1 rings (SSSR count). The normalized spacial score (nSPS) is 10.8. The Balaban J connectivity index is 1.94. The van der Waals surface area contributed by atoms with Gasteiger partial charge in [0.15, 0.2) is 0 Å². The van der Waals surface area contributed by atoms with Gasteiger partial charge in [-0.15, -0.1) is 11.8 Å². The second kappa shape index (κ2) is 10.9. The van der Waals surface area contributed by atoms with Crippen molar-refractivity contribution in [2.45, 2.75) is 63.2 Å². The van der Waals surface area contributed by atoms with Crippen molar-refractivity contribution in [2.24, 2.45) is 0 Å². The van der Waals surface area contributed by atoms with Gasteiger partial charge in [-0.05, 0) is 40.2 Å². The number of hydrogen-bond donors (Lipinski definition) is 0. The lowest BCUT2D eigenvalue weighted by Gasteiger charge is -2.04. The molecule has 0 aliphatic carbocycles. The molecule has 102 valence electrons. The van der Waals surface area contributed by atoms with E-state index < -0.39 is 0 Å². The Morgan fingerprint density at radius 1 is 0.889 bits per heavy atom. The first-order valence-electron chi connectivity index (χ1n) is 7.22. The van der Waals surface area contributed by atoms with Gasteiger partial charge >= 0.3 is 0 Å². The van der Waals surface area contributed by atoms with Gasteiger partial charge in [0.05, 0.1) is 0 Å². The summed E-state index contributed by atoms with van der Waals surface area (Å²) in [7, 11) is 0. The van der Waals surface area contributed by atoms with Crippen molar-refractivity contribution in [1.82, 2.24) is 0 Å². The number of rotatable bonds is 10. The summed E-state index contributed by atoms with van der Waals surface area (Å²) in [5, 5.41) is 0. The molecule has 0 N–H and O–H groups in total. The maximum Gasteiger partial charge on any atom is 0.0311 e. The third-order valence-corrected chi connectivity index (χ3v) is 5.21. The molecule has 2 heteroatoms. The fraction of sp³-hybridized carbons (Fsp3) is 0.625. The molecule has 0 aliphatic heterocycles. The molecule has 18 heavy (non-hydrogen) atoms. The monoisotopic (exact) mass is 328 g/mol. The minimum absolute atomic E-state index is 1.23. The largest absolute Gasteiger partial charge is 0.125 e. The van der Waals surface area contributed by atoms with Gasteiger partial charge in [0, 0.05) is 9.37 Å². The molecule has 0 saturated carbocycles. The van der Waals surface area contributed by atoms with Crippen LogP contribution in [0.4, 0.5) is 0 Å². The molecular weight excluding hydrogens is 304 g/mol. The maximum absolute atomic E-state index is 3.59. The molecule has 0 amide bonds. The summed E-state index contributed by atoms with van der Waals surface area (Å²) in [4.78, 5) is 1.38. The minimum Gasteiger partial charge on any atom is -0.125 e. The SMILES string of the molecule is CCCCCCCCCCSc1ccccc1Br. The highest BCUT2D eigenvalue weighted by molar-refractivity contribution is 9.10. The average molecular weight is 329 g/mol. The van der Waals surface area contributed by atoms with E-state index in [1.807, 2.05) is 11.8 Å². The summed E-state index contributed by atoms with van der Waals surface area (Å²) in [6.07, 6.45) is 11.2. The standard InChI is InChI=1S/C16H25BrS/c1-2-3-4-5-6-7-8-11-14-18-16-13-10-9-12-15(16)17/h9-10,12-13H,2-8,11,14H2,1H3. The fourth-order valence-corrected chi connectivity index (χ4v) is 3.56. The highest BCUT2D eigenvalue weighted by Crippen LogP contribution is 2.27. The van der Waals surface area contributed by atoms with Crippen molar-refractivity contribution in [3.8, 4) is 0 Å². The van der Waals surface area contributed by atoms with Crippen LogP contribution in [0.15, 0.2) is 33.6 Å². The Morgan fingerprint density at radius 3 is 2.17 bits per heavy atom. The molecule has 0 saturated heterocycles. The van der Waals surface area contributed by atoms with Crippen LogP contribution in [0, 0.1) is 0 Å². The van der Waals surface area contributed by atoms with E-state index in [1.54, 1.807) is 0 Å². The number of halogens is 1. The second-order valence-corrected chi connectivity index (χ2v) is 6.74. The van der Waals surface area contributed by atoms with E-state index in [4.69, 9.17) is 0 Å². The van der Waals surface area contributed by atoms with Gasteiger partial charge < -0.3 is 0 Å². The van der Waals surface area contributed by atoms with Crippen LogP contribution in [-0.4, -0.2) is 5.75 Å². The van der Waals surface area contributed by atoms with Crippen LogP contribution in [0.3, 0.4) is 0 Å². The van der Waals surface area contributed by atoms with Crippen molar-refractivity contribution < 1.29 is 0 Å². The molecule has 0 heterocycles. The molecule has 0 nitrogen and oxygen atoms in total. The van der Waals surface area contributed by atoms with E-state index in [0.717, 1.165) is 0 Å². The molecule has 1 aromatic carbocycles. The Labute approximate surface area is 125 Å². The van der Waals surface area contributed by atoms with Crippen molar-refractivity contribution >= 4 is 27.7 Å². The number of unbranched alkanes of at least 4 members (excludes halogenated alkanes) is 7. The Kier molecular flexibility index (Phi) is 9.78. The summed E-state index contributed by atoms with van der Waals surface area (Å²) >= 11 is 5.57. The molecule has 0 fully saturated rings. The van der Waals surface area contributed by atoms with E-state index in [1.165, 1.54) is 66.5 Å². The van der Waals surface area contributed by atoms with Crippen LogP contribution in [0.25, 0.3) is 0 Å². The lowest BCUT2D eigenvalue weighted by atomic mass is 10.1. The van der Waals surface area contributed by atoms with Gasteiger partial charge in [-0.3, -0.25) is 0 Å². The first-order chi connectivity index (χ1) is 8.84. The molecule has 0 unspecified atom stereocenters. The lowest BCUT2D eigenvalue weighted by Crippen LogP contribution is -1.84. The lowest BCUT2D eigenvalue weighted by molar-refractivity contribution is 0.586. The molecule has 0 aliphatic rings. The smallest absolute Gasteiger partial charge is 0.0311 e. The van der Waals surface area contributed by atoms with Crippen molar-refractivity contribution in [3.63, 3.8) is 0 Å². The highest BCUT2D eigenvalue weighted by atomic mass is 79.9. The van der Waals surface area contributed by atoms with E-state index in [0.29, 0.717) is 0 Å². The molecule has 0 bridgehead atoms. The van der Waals surface area contributed by atoms with Crippen LogP contribution in [-0.2, 0) is 0 Å². The van der Waals surface area contributed by atoms with Gasteiger partial charge in [-0.2, -0.15) is 0 Å². The predicted molar refractivity (Wildman–Crippen MR) is 87.5 cm³/mol. The Bertz CT molecular complexity index is 312. The first-order valence-corrected chi connectivity index (χ1v) is 8.99. The van der Waals surface area contributed by atoms with Gasteiger partial charge in [-0.25, -0.2) is 0 Å².